The number of rotatable bonds is 14. The molecule has 0 nitrogen and oxygen atoms in total. The maximum absolute atomic E-state index is 2.35. The van der Waals surface area contributed by atoms with Gasteiger partial charge in [0.25, 0.3) is 0 Å². The molecule has 2 aromatic carbocycles. The fourth-order valence-electron chi connectivity index (χ4n) is 3.68. The average molecular weight is 366 g/mol. The van der Waals surface area contributed by atoms with Gasteiger partial charge in [0.1, 0.15) is 0 Å². The molecule has 0 bridgehead atoms. The first-order chi connectivity index (χ1) is 12.9. The van der Waals surface area contributed by atoms with Gasteiger partial charge in [0, 0.05) is 0 Å². The van der Waals surface area contributed by atoms with Crippen molar-refractivity contribution in [2.45, 2.75) is 83.2 Å². The molecule has 0 N–H and O–H groups in total. The third-order valence-corrected chi connectivity index (χ3v) is 8.22. The van der Waals surface area contributed by atoms with E-state index < -0.39 is 8.80 Å². The maximum atomic E-state index is 2.35. The summed E-state index contributed by atoms with van der Waals surface area (Å²) in [5, 5.41) is 1.61. The quantitative estimate of drug-likeness (QED) is 0.247. The standard InChI is InChI=1S/C25H37Si/c1-2-3-4-5-6-7-8-9-10-17-22-26(25-20-15-12-16-21-25)23-24-18-13-11-14-19-24/h11-16,18-21H,2-10,17,22-23H2,1H3. The van der Waals surface area contributed by atoms with Crippen LogP contribution in [0.25, 0.3) is 0 Å². The summed E-state index contributed by atoms with van der Waals surface area (Å²) in [4.78, 5) is 0. The van der Waals surface area contributed by atoms with Gasteiger partial charge in [-0.2, -0.15) is 0 Å². The van der Waals surface area contributed by atoms with Gasteiger partial charge in [-0.15, -0.1) is 0 Å². The van der Waals surface area contributed by atoms with E-state index in [0.717, 1.165) is 0 Å². The van der Waals surface area contributed by atoms with Crippen molar-refractivity contribution in [1.82, 2.24) is 0 Å². The van der Waals surface area contributed by atoms with Crippen LogP contribution in [0.15, 0.2) is 60.7 Å². The molecule has 0 heterocycles. The third-order valence-electron chi connectivity index (χ3n) is 5.27. The molecule has 0 unspecified atom stereocenters. The van der Waals surface area contributed by atoms with E-state index in [1.165, 1.54) is 81.9 Å². The first-order valence-electron chi connectivity index (χ1n) is 10.8. The lowest BCUT2D eigenvalue weighted by Gasteiger charge is -2.16. The molecule has 26 heavy (non-hydrogen) atoms. The minimum atomic E-state index is -0.482. The Morgan fingerprint density at radius 2 is 1.08 bits per heavy atom. The lowest BCUT2D eigenvalue weighted by molar-refractivity contribution is 0.562. The van der Waals surface area contributed by atoms with Crippen molar-refractivity contribution in [3.05, 3.63) is 66.2 Å². The fraction of sp³-hybridized carbons (Fsp3) is 0.520. The molecule has 0 aliphatic carbocycles. The van der Waals surface area contributed by atoms with E-state index in [-0.39, 0.29) is 0 Å². The zero-order valence-electron chi connectivity index (χ0n) is 16.8. The van der Waals surface area contributed by atoms with Crippen LogP contribution < -0.4 is 5.19 Å². The number of hydrogen-bond acceptors (Lipinski definition) is 0. The molecular formula is C25H37Si. The largest absolute Gasteiger partial charge is 0.0901 e. The van der Waals surface area contributed by atoms with Crippen LogP contribution in [0, 0.1) is 0 Å². The van der Waals surface area contributed by atoms with Crippen LogP contribution in [-0.4, -0.2) is 8.80 Å². The SMILES string of the molecule is CCCCCCCCCCCC[Si](Cc1ccccc1)c1ccccc1. The van der Waals surface area contributed by atoms with Crippen molar-refractivity contribution in [3.8, 4) is 0 Å². The highest BCUT2D eigenvalue weighted by Crippen LogP contribution is 2.14. The van der Waals surface area contributed by atoms with Crippen LogP contribution in [0.2, 0.25) is 6.04 Å². The Morgan fingerprint density at radius 3 is 1.65 bits per heavy atom. The minimum Gasteiger partial charge on any atom is -0.0654 e. The Hall–Kier alpha value is -1.34. The molecule has 0 saturated heterocycles. The summed E-state index contributed by atoms with van der Waals surface area (Å²) in [7, 11) is -0.482. The van der Waals surface area contributed by atoms with Gasteiger partial charge in [0.2, 0.25) is 0 Å². The van der Waals surface area contributed by atoms with Crippen LogP contribution in [0.4, 0.5) is 0 Å². The van der Waals surface area contributed by atoms with E-state index in [4.69, 9.17) is 0 Å². The molecule has 1 radical (unpaired) electrons. The molecule has 141 valence electrons. The molecule has 0 atom stereocenters. The van der Waals surface area contributed by atoms with Crippen LogP contribution in [0.1, 0.15) is 76.7 Å². The van der Waals surface area contributed by atoms with Gasteiger partial charge in [-0.25, -0.2) is 0 Å². The number of hydrogen-bond donors (Lipinski definition) is 0. The van der Waals surface area contributed by atoms with Crippen LogP contribution in [0.3, 0.4) is 0 Å². The summed E-state index contributed by atoms with van der Waals surface area (Å²) in [6.07, 6.45) is 14.3. The molecule has 0 fully saturated rings. The van der Waals surface area contributed by atoms with Gasteiger partial charge in [-0.05, 0) is 6.04 Å². The molecule has 2 rings (SSSR count). The smallest absolute Gasteiger partial charge is 0.0654 e. The second-order valence-corrected chi connectivity index (χ2v) is 10.2. The van der Waals surface area contributed by atoms with Crippen molar-refractivity contribution in [3.63, 3.8) is 0 Å². The lowest BCUT2D eigenvalue weighted by Crippen LogP contribution is -2.32. The average Bonchev–Trinajstić information content (AvgIpc) is 2.70. The van der Waals surface area contributed by atoms with Crippen LogP contribution in [0.5, 0.6) is 0 Å². The van der Waals surface area contributed by atoms with Gasteiger partial charge in [-0.3, -0.25) is 0 Å². The zero-order chi connectivity index (χ0) is 18.3. The lowest BCUT2D eigenvalue weighted by atomic mass is 10.1. The van der Waals surface area contributed by atoms with Gasteiger partial charge in [0.15, 0.2) is 0 Å². The Morgan fingerprint density at radius 1 is 0.577 bits per heavy atom. The van der Waals surface area contributed by atoms with Gasteiger partial charge >= 0.3 is 0 Å². The molecule has 0 aliphatic heterocycles. The summed E-state index contributed by atoms with van der Waals surface area (Å²) in [6, 6.07) is 25.0. The van der Waals surface area contributed by atoms with Crippen molar-refractivity contribution in [2.24, 2.45) is 0 Å². The Labute approximate surface area is 163 Å². The van der Waals surface area contributed by atoms with E-state index in [1.807, 2.05) is 0 Å². The second kappa shape index (κ2) is 13.8. The summed E-state index contributed by atoms with van der Waals surface area (Å²) in [5.41, 5.74) is 1.51. The van der Waals surface area contributed by atoms with Crippen molar-refractivity contribution < 1.29 is 0 Å². The normalized spacial score (nSPS) is 11.2. The van der Waals surface area contributed by atoms with E-state index in [2.05, 4.69) is 67.6 Å². The van der Waals surface area contributed by atoms with E-state index in [1.54, 1.807) is 5.19 Å². The zero-order valence-corrected chi connectivity index (χ0v) is 17.8. The third kappa shape index (κ3) is 8.85. The number of benzene rings is 2. The Balaban J connectivity index is 1.67. The Kier molecular flexibility index (Phi) is 11.1. The van der Waals surface area contributed by atoms with Crippen molar-refractivity contribution >= 4 is 14.0 Å². The van der Waals surface area contributed by atoms with Gasteiger partial charge < -0.3 is 0 Å². The van der Waals surface area contributed by atoms with E-state index in [0.29, 0.717) is 0 Å². The molecular weight excluding hydrogens is 328 g/mol. The van der Waals surface area contributed by atoms with Crippen LogP contribution >= 0.6 is 0 Å². The van der Waals surface area contributed by atoms with Crippen molar-refractivity contribution in [2.75, 3.05) is 0 Å². The summed E-state index contributed by atoms with van der Waals surface area (Å²) < 4.78 is 0. The highest BCUT2D eigenvalue weighted by atomic mass is 28.3. The predicted molar refractivity (Wildman–Crippen MR) is 119 cm³/mol. The fourth-order valence-corrected chi connectivity index (χ4v) is 6.42. The topological polar surface area (TPSA) is 0 Å². The predicted octanol–water partition coefficient (Wildman–Crippen LogP) is 7.09. The molecule has 0 aliphatic rings. The van der Waals surface area contributed by atoms with Gasteiger partial charge in [-0.1, -0.05) is 149 Å². The molecule has 0 spiro atoms. The molecule has 0 aromatic heterocycles. The number of unbranched alkanes of at least 4 members (excludes halogenated alkanes) is 9. The molecule has 2 aromatic rings. The van der Waals surface area contributed by atoms with Crippen LogP contribution in [-0.2, 0) is 6.04 Å². The molecule has 0 amide bonds. The Bertz CT molecular complexity index is 549. The first-order valence-corrected chi connectivity index (χ1v) is 12.8. The molecule has 0 saturated carbocycles. The highest BCUT2D eigenvalue weighted by Gasteiger charge is 2.14. The minimum absolute atomic E-state index is 0.482. The van der Waals surface area contributed by atoms with E-state index in [9.17, 15) is 0 Å². The summed E-state index contributed by atoms with van der Waals surface area (Å²) in [6.45, 7) is 2.29. The first kappa shape index (κ1) is 21.0. The molecule has 1 heteroatoms. The van der Waals surface area contributed by atoms with E-state index >= 15 is 0 Å². The monoisotopic (exact) mass is 365 g/mol. The van der Waals surface area contributed by atoms with Crippen molar-refractivity contribution in [1.29, 1.82) is 0 Å². The summed E-state index contributed by atoms with van der Waals surface area (Å²) in [5.74, 6) is 0. The highest BCUT2D eigenvalue weighted by molar-refractivity contribution is 6.72. The maximum Gasteiger partial charge on any atom is 0.0901 e. The second-order valence-electron chi connectivity index (χ2n) is 7.56. The van der Waals surface area contributed by atoms with Gasteiger partial charge in [0.05, 0.1) is 8.80 Å². The summed E-state index contributed by atoms with van der Waals surface area (Å²) >= 11 is 0.